The third kappa shape index (κ3) is 10.2. The van der Waals surface area contributed by atoms with E-state index >= 15 is 0 Å². The summed E-state index contributed by atoms with van der Waals surface area (Å²) in [4.78, 5) is 68.9. The summed E-state index contributed by atoms with van der Waals surface area (Å²) < 4.78 is 15.8. The molecule has 0 radical (unpaired) electrons. The van der Waals surface area contributed by atoms with Gasteiger partial charge in [-0.1, -0.05) is 89.7 Å². The molecule has 2 aromatic heterocycles. The first-order valence-electron chi connectivity index (χ1n) is 32.0. The highest BCUT2D eigenvalue weighted by molar-refractivity contribution is 6.37. The molecule has 0 aliphatic carbocycles. The van der Waals surface area contributed by atoms with Crippen molar-refractivity contribution < 1.29 is 23.6 Å². The average molecular weight is 1220 g/mol. The van der Waals surface area contributed by atoms with Gasteiger partial charge in [-0.2, -0.15) is 15.0 Å². The summed E-state index contributed by atoms with van der Waals surface area (Å²) in [6.45, 7) is 16.5. The molecule has 2 amide bonds. The lowest BCUT2D eigenvalue weighted by Crippen LogP contribution is -2.49. The van der Waals surface area contributed by atoms with Crippen LogP contribution in [0.2, 0.25) is 10.0 Å². The number of hydrogen-bond acceptors (Lipinski definition) is 13. The maximum atomic E-state index is 13.7. The van der Waals surface area contributed by atoms with Crippen LogP contribution < -0.4 is 24.2 Å². The predicted octanol–water partition coefficient (Wildman–Crippen LogP) is 10.5. The largest absolute Gasteiger partial charge is 0.461 e. The molecule has 9 aliphatic heterocycles. The van der Waals surface area contributed by atoms with Gasteiger partial charge in [0, 0.05) is 96.8 Å². The Balaban J connectivity index is 0.655. The molecule has 88 heavy (non-hydrogen) atoms. The number of carbonyl (C=O) groups excluding carboxylic acids is 2. The zero-order valence-corrected chi connectivity index (χ0v) is 51.9. The lowest BCUT2D eigenvalue weighted by atomic mass is 9.95. The molecular weight excluding hydrogens is 1150 g/mol. The van der Waals surface area contributed by atoms with Gasteiger partial charge >= 0.3 is 24.0 Å². The number of amides is 2. The fourth-order valence-corrected chi connectivity index (χ4v) is 17.6. The summed E-state index contributed by atoms with van der Waals surface area (Å²) in [6.07, 6.45) is 17.2. The SMILES string of the molecule is C=CC(=O)N1CC(C=[N+](C)c2nc(OCC34CCCN3CCC4)nc3c2CCN(c2cccc4cccc(Cl)c24)C3)C[C@H]1CC#[N+]C1CCC2(COc3nc4c(c(N5C[C@@H]6C[C@H]5CN6C(=O)C=C)n3)CCN(c3cccc5cccc(Cl)c35)C4)CCCN12. The van der Waals surface area contributed by atoms with Crippen LogP contribution in [0.4, 0.5) is 23.0 Å². The third-order valence-corrected chi connectivity index (χ3v) is 21.9. The first kappa shape index (κ1) is 57.1. The van der Waals surface area contributed by atoms with Gasteiger partial charge in [-0.15, -0.1) is 0 Å². The number of fused-ring (bicyclic) bond motifs is 8. The zero-order chi connectivity index (χ0) is 59.8. The number of halogens is 2. The molecule has 2 bridgehead atoms. The number of hydrogen-bond donors (Lipinski definition) is 0. The monoisotopic (exact) mass is 1220 g/mol. The molecule has 4 aromatic carbocycles. The van der Waals surface area contributed by atoms with E-state index in [-0.39, 0.29) is 53.1 Å². The fraction of sp³-hybridized carbons (Fsp3) is 0.478. The van der Waals surface area contributed by atoms with Crippen molar-refractivity contribution in [3.05, 3.63) is 136 Å². The molecule has 0 spiro atoms. The minimum atomic E-state index is -0.220. The Morgan fingerprint density at radius 1 is 0.693 bits per heavy atom. The quantitative estimate of drug-likeness (QED) is 0.0582. The highest BCUT2D eigenvalue weighted by Crippen LogP contribution is 2.46. The van der Waals surface area contributed by atoms with Gasteiger partial charge in [-0.3, -0.25) is 14.5 Å². The van der Waals surface area contributed by atoms with Crippen molar-refractivity contribution in [3.63, 3.8) is 0 Å². The van der Waals surface area contributed by atoms with Gasteiger partial charge in [0.05, 0.1) is 76.5 Å². The Bertz CT molecular complexity index is 3890. The van der Waals surface area contributed by atoms with Crippen LogP contribution in [0.5, 0.6) is 12.0 Å². The summed E-state index contributed by atoms with van der Waals surface area (Å²) in [5.41, 5.74) is 6.20. The number of ether oxygens (including phenoxy) is 2. The summed E-state index contributed by atoms with van der Waals surface area (Å²) in [5, 5.41) is 5.78. The Hall–Kier alpha value is -7.36. The van der Waals surface area contributed by atoms with Gasteiger partial charge in [0.15, 0.2) is 0 Å². The number of anilines is 3. The lowest BCUT2D eigenvalue weighted by molar-refractivity contribution is -0.407. The molecule has 3 unspecified atom stereocenters. The molecule has 0 N–H and O–H groups in total. The van der Waals surface area contributed by atoms with Crippen molar-refractivity contribution in [1.82, 2.24) is 39.5 Å². The number of aromatic nitrogens is 4. The van der Waals surface area contributed by atoms with Crippen LogP contribution in [-0.2, 0) is 35.5 Å². The maximum absolute atomic E-state index is 13.7. The number of rotatable bonds is 14. The standard InChI is InChI=1S/C69H77Cl2N13O4/c1-4-60(85)81-38-45(37-77(3)64-51-23-33-78(57-19-8-15-46-13-6-17-53(70)62(46)57)41-55(51)73-66(75-64)87-43-68-25-10-30-80(68)31-11-26-68)35-48(81)22-29-72-59-21-28-69(27-12-32-84(59)69)44-88-67-74-56-42-79(58-20-9-16-47-14-7-18-54(71)63(47)58)34-24-52(56)65(76-67)83-40-49-36-50(83)39-82(49)61(86)5-2/h4-9,13-20,37,45,48-50,59H,1-2,10-12,21-28,30-36,38-44H2,3H3/q+2/t45?,48-,49+,50+,59?,69?/m1/s1. The van der Waals surface area contributed by atoms with Crippen LogP contribution in [0.1, 0.15) is 93.1 Å². The molecule has 11 heterocycles. The lowest BCUT2D eigenvalue weighted by Gasteiger charge is -2.38. The zero-order valence-electron chi connectivity index (χ0n) is 50.3. The number of piperazine rings is 1. The van der Waals surface area contributed by atoms with Gasteiger partial charge in [0.25, 0.3) is 6.07 Å². The number of nitrogens with zero attached hydrogens (tertiary/aromatic N) is 13. The van der Waals surface area contributed by atoms with E-state index in [2.05, 4.69) is 110 Å². The van der Waals surface area contributed by atoms with Crippen LogP contribution in [0.25, 0.3) is 26.4 Å². The van der Waals surface area contributed by atoms with Gasteiger partial charge in [-0.05, 0) is 124 Å². The molecule has 454 valence electrons. The highest BCUT2D eigenvalue weighted by atomic mass is 35.5. The third-order valence-electron chi connectivity index (χ3n) is 21.2. The normalized spacial score (nSPS) is 25.5. The number of carbonyl (C=O) groups is 2. The highest BCUT2D eigenvalue weighted by Gasteiger charge is 2.55. The van der Waals surface area contributed by atoms with E-state index in [9.17, 15) is 9.59 Å². The molecule has 9 aliphatic rings. The van der Waals surface area contributed by atoms with Crippen molar-refractivity contribution in [3.8, 4) is 18.1 Å². The summed E-state index contributed by atoms with van der Waals surface area (Å²) >= 11 is 13.8. The molecule has 6 aromatic rings. The summed E-state index contributed by atoms with van der Waals surface area (Å²) in [6, 6.07) is 29.4. The van der Waals surface area contributed by atoms with Gasteiger partial charge in [0.2, 0.25) is 11.8 Å². The van der Waals surface area contributed by atoms with Crippen LogP contribution in [0.15, 0.2) is 98.1 Å². The second-order valence-electron chi connectivity index (χ2n) is 26.1. The van der Waals surface area contributed by atoms with E-state index in [1.54, 1.807) is 0 Å². The second-order valence-corrected chi connectivity index (χ2v) is 26.9. The fourth-order valence-electron chi connectivity index (χ4n) is 17.0. The number of likely N-dealkylation sites (tertiary alicyclic amines) is 2. The first-order chi connectivity index (χ1) is 42.9. The summed E-state index contributed by atoms with van der Waals surface area (Å²) in [5.74, 6) is 1.73. The van der Waals surface area contributed by atoms with Crippen LogP contribution in [0.3, 0.4) is 0 Å². The molecule has 17 nitrogen and oxygen atoms in total. The molecular formula is C69H77Cl2N13O4+2. The minimum Gasteiger partial charge on any atom is -0.461 e. The Kier molecular flexibility index (Phi) is 15.1. The molecule has 6 atom stereocenters. The summed E-state index contributed by atoms with van der Waals surface area (Å²) in [7, 11) is 2.08. The Morgan fingerprint density at radius 3 is 1.95 bits per heavy atom. The molecule has 7 fully saturated rings. The van der Waals surface area contributed by atoms with E-state index in [0.717, 1.165) is 174 Å². The Labute approximate surface area is 525 Å². The van der Waals surface area contributed by atoms with Gasteiger partial charge in [-0.25, -0.2) is 9.48 Å². The van der Waals surface area contributed by atoms with Crippen LogP contribution in [-0.4, -0.2) is 170 Å². The van der Waals surface area contributed by atoms with Gasteiger partial charge in [0.1, 0.15) is 25.5 Å². The van der Waals surface area contributed by atoms with Crippen molar-refractivity contribution in [1.29, 1.82) is 0 Å². The molecule has 7 saturated heterocycles. The first-order valence-corrected chi connectivity index (χ1v) is 32.8. The van der Waals surface area contributed by atoms with Crippen molar-refractivity contribution in [2.45, 2.75) is 132 Å². The van der Waals surface area contributed by atoms with Crippen molar-refractivity contribution >= 4 is 85.8 Å². The molecule has 0 saturated carbocycles. The van der Waals surface area contributed by atoms with E-state index in [1.807, 2.05) is 34.1 Å². The minimum absolute atomic E-state index is 0.0118. The van der Waals surface area contributed by atoms with Crippen molar-refractivity contribution in [2.75, 3.05) is 87.3 Å². The smallest absolute Gasteiger partial charge is 0.434 e. The maximum Gasteiger partial charge on any atom is 0.434 e. The van der Waals surface area contributed by atoms with Crippen LogP contribution in [0, 0.1) is 12.0 Å². The molecule has 15 rings (SSSR count). The average Bonchev–Trinajstić information content (AvgIpc) is 1.48. The van der Waals surface area contributed by atoms with E-state index in [4.69, 9.17) is 57.5 Å². The van der Waals surface area contributed by atoms with E-state index in [1.165, 1.54) is 25.0 Å². The number of benzene rings is 4. The van der Waals surface area contributed by atoms with Crippen molar-refractivity contribution in [2.24, 2.45) is 5.92 Å². The molecule has 19 heteroatoms. The second kappa shape index (κ2) is 23.2. The van der Waals surface area contributed by atoms with Crippen LogP contribution >= 0.6 is 23.2 Å². The van der Waals surface area contributed by atoms with E-state index in [0.29, 0.717) is 64.4 Å². The predicted molar refractivity (Wildman–Crippen MR) is 346 cm³/mol. The Morgan fingerprint density at radius 2 is 1.30 bits per heavy atom. The van der Waals surface area contributed by atoms with Gasteiger partial charge < -0.3 is 34.0 Å². The van der Waals surface area contributed by atoms with E-state index < -0.39 is 0 Å². The topological polar surface area (TPSA) is 134 Å².